The fourth-order valence-corrected chi connectivity index (χ4v) is 2.34. The van der Waals surface area contributed by atoms with E-state index >= 15 is 0 Å². The first-order chi connectivity index (χ1) is 12.8. The maximum atomic E-state index is 12.7. The van der Waals surface area contributed by atoms with Gasteiger partial charge in [-0.25, -0.2) is 0 Å². The molecule has 144 valence electrons. The summed E-state index contributed by atoms with van der Waals surface area (Å²) in [5, 5.41) is 2.56. The van der Waals surface area contributed by atoms with E-state index in [9.17, 15) is 18.0 Å². The molecule has 0 saturated heterocycles. The van der Waals surface area contributed by atoms with Crippen LogP contribution in [0.3, 0.4) is 0 Å². The van der Waals surface area contributed by atoms with E-state index in [-0.39, 0.29) is 6.54 Å². The molecule has 1 N–H and O–H groups in total. The van der Waals surface area contributed by atoms with Crippen molar-refractivity contribution in [1.82, 2.24) is 5.32 Å². The Kier molecular flexibility index (Phi) is 6.87. The lowest BCUT2D eigenvalue weighted by Gasteiger charge is -2.10. The molecule has 0 unspecified atom stereocenters. The minimum absolute atomic E-state index is 0.000305. The summed E-state index contributed by atoms with van der Waals surface area (Å²) in [6.07, 6.45) is -1.52. The Morgan fingerprint density at radius 3 is 2.59 bits per heavy atom. The zero-order valence-corrected chi connectivity index (χ0v) is 15.0. The Morgan fingerprint density at radius 1 is 1.15 bits per heavy atom. The second-order valence-electron chi connectivity index (χ2n) is 5.59. The lowest BCUT2D eigenvalue weighted by molar-refractivity contribution is -0.137. The van der Waals surface area contributed by atoms with Crippen LogP contribution in [-0.2, 0) is 17.5 Å². The fraction of sp³-hybridized carbons (Fsp3) is 0.250. The van der Waals surface area contributed by atoms with E-state index in [4.69, 9.17) is 9.47 Å². The molecule has 0 aliphatic carbocycles. The van der Waals surface area contributed by atoms with E-state index in [1.165, 1.54) is 25.3 Å². The van der Waals surface area contributed by atoms with Crippen LogP contribution in [0.5, 0.6) is 11.5 Å². The molecular weight excluding hydrogens is 359 g/mol. The summed E-state index contributed by atoms with van der Waals surface area (Å²) in [4.78, 5) is 11.9. The molecule has 0 aromatic heterocycles. The molecule has 0 radical (unpaired) electrons. The van der Waals surface area contributed by atoms with Gasteiger partial charge in [-0.05, 0) is 48.4 Å². The Bertz CT molecular complexity index is 816. The standard InChI is InChI=1S/C20H20F3NO3/c1-3-27-17-9-7-14(12-18(17)26-2)8-10-19(25)24-13-15-5-4-6-16(11-15)20(21,22)23/h4-12H,3,13H2,1-2H3,(H,24,25)/b10-8+. The van der Waals surface area contributed by atoms with Gasteiger partial charge in [0.1, 0.15) is 0 Å². The van der Waals surface area contributed by atoms with Crippen molar-refractivity contribution >= 4 is 12.0 Å². The number of ether oxygens (including phenoxy) is 2. The Morgan fingerprint density at radius 2 is 1.93 bits per heavy atom. The molecule has 27 heavy (non-hydrogen) atoms. The van der Waals surface area contributed by atoms with Gasteiger partial charge in [0.05, 0.1) is 19.3 Å². The average molecular weight is 379 g/mol. The summed E-state index contributed by atoms with van der Waals surface area (Å²) in [5.41, 5.74) is 0.352. The second-order valence-corrected chi connectivity index (χ2v) is 5.59. The number of nitrogens with one attached hydrogen (secondary N) is 1. The van der Waals surface area contributed by atoms with Crippen molar-refractivity contribution in [2.24, 2.45) is 0 Å². The number of hydrogen-bond donors (Lipinski definition) is 1. The summed E-state index contributed by atoms with van der Waals surface area (Å²) in [6, 6.07) is 10.1. The van der Waals surface area contributed by atoms with Crippen LogP contribution in [0.15, 0.2) is 48.5 Å². The van der Waals surface area contributed by atoms with Crippen molar-refractivity contribution in [1.29, 1.82) is 0 Å². The van der Waals surface area contributed by atoms with Gasteiger partial charge in [0.2, 0.25) is 5.91 Å². The van der Waals surface area contributed by atoms with Crippen molar-refractivity contribution < 1.29 is 27.4 Å². The van der Waals surface area contributed by atoms with Crippen molar-refractivity contribution in [2.45, 2.75) is 19.6 Å². The molecule has 0 bridgehead atoms. The predicted octanol–water partition coefficient (Wildman–Crippen LogP) is 4.44. The third kappa shape index (κ3) is 6.06. The highest BCUT2D eigenvalue weighted by Gasteiger charge is 2.30. The van der Waals surface area contributed by atoms with E-state index < -0.39 is 17.6 Å². The quantitative estimate of drug-likeness (QED) is 0.724. The summed E-state index contributed by atoms with van der Waals surface area (Å²) >= 11 is 0. The number of alkyl halides is 3. The van der Waals surface area contributed by atoms with Gasteiger partial charge in [0, 0.05) is 12.6 Å². The second kappa shape index (κ2) is 9.12. The minimum atomic E-state index is -4.41. The smallest absolute Gasteiger partial charge is 0.416 e. The van der Waals surface area contributed by atoms with Crippen LogP contribution in [0.25, 0.3) is 6.08 Å². The average Bonchev–Trinajstić information content (AvgIpc) is 2.65. The largest absolute Gasteiger partial charge is 0.493 e. The van der Waals surface area contributed by atoms with Crippen LogP contribution < -0.4 is 14.8 Å². The zero-order chi connectivity index (χ0) is 19.9. The first kappa shape index (κ1) is 20.4. The van der Waals surface area contributed by atoms with Gasteiger partial charge in [-0.2, -0.15) is 13.2 Å². The normalized spacial score (nSPS) is 11.4. The van der Waals surface area contributed by atoms with Crippen LogP contribution in [-0.4, -0.2) is 19.6 Å². The van der Waals surface area contributed by atoms with Gasteiger partial charge in [-0.3, -0.25) is 4.79 Å². The van der Waals surface area contributed by atoms with Gasteiger partial charge < -0.3 is 14.8 Å². The van der Waals surface area contributed by atoms with Crippen LogP contribution >= 0.6 is 0 Å². The van der Waals surface area contributed by atoms with Gasteiger partial charge in [-0.15, -0.1) is 0 Å². The van der Waals surface area contributed by atoms with Crippen LogP contribution in [0, 0.1) is 0 Å². The van der Waals surface area contributed by atoms with Crippen molar-refractivity contribution in [3.63, 3.8) is 0 Å². The lowest BCUT2D eigenvalue weighted by Crippen LogP contribution is -2.20. The molecule has 0 heterocycles. The summed E-state index contributed by atoms with van der Waals surface area (Å²) < 4.78 is 48.7. The summed E-state index contributed by atoms with van der Waals surface area (Å²) in [5.74, 6) is 0.731. The molecule has 0 aliphatic heterocycles. The molecule has 0 saturated carbocycles. The summed E-state index contributed by atoms with van der Waals surface area (Å²) in [7, 11) is 1.52. The van der Waals surface area contributed by atoms with E-state index in [0.29, 0.717) is 23.7 Å². The van der Waals surface area contributed by atoms with Crippen LogP contribution in [0.1, 0.15) is 23.6 Å². The van der Waals surface area contributed by atoms with E-state index in [1.807, 2.05) is 6.92 Å². The molecule has 0 atom stereocenters. The molecule has 0 aliphatic rings. The number of benzene rings is 2. The lowest BCUT2D eigenvalue weighted by atomic mass is 10.1. The zero-order valence-electron chi connectivity index (χ0n) is 15.0. The Labute approximate surface area is 155 Å². The topological polar surface area (TPSA) is 47.6 Å². The molecular formula is C20H20F3NO3. The van der Waals surface area contributed by atoms with E-state index in [1.54, 1.807) is 24.3 Å². The molecule has 2 aromatic rings. The van der Waals surface area contributed by atoms with Crippen LogP contribution in [0.2, 0.25) is 0 Å². The Hall–Kier alpha value is -2.96. The number of rotatable bonds is 7. The molecule has 0 spiro atoms. The molecule has 2 aromatic carbocycles. The van der Waals surface area contributed by atoms with Gasteiger partial charge in [0.25, 0.3) is 0 Å². The van der Waals surface area contributed by atoms with Crippen molar-refractivity contribution in [3.05, 3.63) is 65.2 Å². The third-order valence-electron chi connectivity index (χ3n) is 3.64. The maximum absolute atomic E-state index is 12.7. The van der Waals surface area contributed by atoms with E-state index in [2.05, 4.69) is 5.32 Å². The fourth-order valence-electron chi connectivity index (χ4n) is 2.34. The van der Waals surface area contributed by atoms with Crippen molar-refractivity contribution in [3.8, 4) is 11.5 Å². The van der Waals surface area contributed by atoms with Crippen LogP contribution in [0.4, 0.5) is 13.2 Å². The van der Waals surface area contributed by atoms with Gasteiger partial charge in [0.15, 0.2) is 11.5 Å². The number of hydrogen-bond acceptors (Lipinski definition) is 3. The highest BCUT2D eigenvalue weighted by Crippen LogP contribution is 2.30. The van der Waals surface area contributed by atoms with Gasteiger partial charge in [-0.1, -0.05) is 18.2 Å². The van der Waals surface area contributed by atoms with Gasteiger partial charge >= 0.3 is 6.18 Å². The third-order valence-corrected chi connectivity index (χ3v) is 3.64. The number of carbonyl (C=O) groups excluding carboxylic acids is 1. The monoisotopic (exact) mass is 379 g/mol. The molecule has 2 rings (SSSR count). The maximum Gasteiger partial charge on any atom is 0.416 e. The molecule has 7 heteroatoms. The number of methoxy groups -OCH3 is 1. The molecule has 0 fully saturated rings. The minimum Gasteiger partial charge on any atom is -0.493 e. The first-order valence-electron chi connectivity index (χ1n) is 8.26. The van der Waals surface area contributed by atoms with E-state index in [0.717, 1.165) is 17.7 Å². The Balaban J connectivity index is 1.98. The highest BCUT2D eigenvalue weighted by molar-refractivity contribution is 5.91. The molecule has 1 amide bonds. The SMILES string of the molecule is CCOc1ccc(/C=C/C(=O)NCc2cccc(C(F)(F)F)c2)cc1OC. The first-order valence-corrected chi connectivity index (χ1v) is 8.26. The van der Waals surface area contributed by atoms with Crippen molar-refractivity contribution in [2.75, 3.05) is 13.7 Å². The predicted molar refractivity (Wildman–Crippen MR) is 96.5 cm³/mol. The number of halogens is 3. The summed E-state index contributed by atoms with van der Waals surface area (Å²) in [6.45, 7) is 2.37. The number of carbonyl (C=O) groups is 1. The highest BCUT2D eigenvalue weighted by atomic mass is 19.4. The number of amides is 1. The molecule has 4 nitrogen and oxygen atoms in total.